The number of carbonyl (C=O) groups excluding carboxylic acids is 1. The Morgan fingerprint density at radius 1 is 1.26 bits per heavy atom. The van der Waals surface area contributed by atoms with Gasteiger partial charge in [0.1, 0.15) is 0 Å². The fourth-order valence-electron chi connectivity index (χ4n) is 3.99. The van der Waals surface area contributed by atoms with Crippen LogP contribution in [-0.2, 0) is 19.6 Å². The molecule has 27 heavy (non-hydrogen) atoms. The number of rotatable bonds is 9. The molecule has 0 bridgehead atoms. The highest BCUT2D eigenvalue weighted by Crippen LogP contribution is 2.35. The topological polar surface area (TPSA) is 108 Å². The highest BCUT2D eigenvalue weighted by atomic mass is 32.2. The normalized spacial score (nSPS) is 21.6. The smallest absolute Gasteiger partial charge is 0.266 e. The number of amides is 1. The second kappa shape index (κ2) is 9.86. The van der Waals surface area contributed by atoms with Crippen LogP contribution in [0.25, 0.3) is 0 Å². The van der Waals surface area contributed by atoms with Gasteiger partial charge in [-0.05, 0) is 31.6 Å². The van der Waals surface area contributed by atoms with E-state index in [9.17, 15) is 13.2 Å². The van der Waals surface area contributed by atoms with Crippen LogP contribution in [-0.4, -0.2) is 61.9 Å². The van der Waals surface area contributed by atoms with E-state index in [1.54, 1.807) is 5.48 Å². The summed E-state index contributed by atoms with van der Waals surface area (Å²) in [4.78, 5) is 12.3. The molecule has 0 unspecified atom stereocenters. The third-order valence-electron chi connectivity index (χ3n) is 5.92. The summed E-state index contributed by atoms with van der Waals surface area (Å²) in [6.07, 6.45) is 5.98. The molecule has 2 aliphatic rings. The minimum Gasteiger partial charge on any atom is -0.392 e. The van der Waals surface area contributed by atoms with Crippen LogP contribution < -0.4 is 10.8 Å². The zero-order valence-corrected chi connectivity index (χ0v) is 17.0. The van der Waals surface area contributed by atoms with Crippen LogP contribution in [0.3, 0.4) is 0 Å². The summed E-state index contributed by atoms with van der Waals surface area (Å²) in [6, 6.07) is 0. The van der Waals surface area contributed by atoms with Crippen molar-refractivity contribution >= 4 is 15.9 Å². The van der Waals surface area contributed by atoms with Gasteiger partial charge in [-0.15, -0.1) is 0 Å². The molecular weight excluding hydrogens is 370 g/mol. The Morgan fingerprint density at radius 3 is 2.44 bits per heavy atom. The maximum absolute atomic E-state index is 13.2. The Hall–Kier alpha value is -1.16. The number of unbranched alkanes of at least 4 members (excludes halogenated alkanes) is 1. The summed E-state index contributed by atoms with van der Waals surface area (Å²) in [7, 11) is -1.98. The fourth-order valence-corrected chi connectivity index (χ4v) is 6.14. The van der Waals surface area contributed by atoms with E-state index in [0.29, 0.717) is 19.0 Å². The number of allylic oxidation sites excluding steroid dienone is 1. The Morgan fingerprint density at radius 2 is 1.89 bits per heavy atom. The van der Waals surface area contributed by atoms with E-state index in [1.807, 2.05) is 7.05 Å². The van der Waals surface area contributed by atoms with Crippen LogP contribution in [0.2, 0.25) is 0 Å². The van der Waals surface area contributed by atoms with Crippen LogP contribution >= 0.6 is 0 Å². The molecule has 2 fully saturated rings. The number of nitrogens with one attached hydrogen (secondary N) is 2. The van der Waals surface area contributed by atoms with Crippen molar-refractivity contribution in [2.45, 2.75) is 56.1 Å². The van der Waals surface area contributed by atoms with Gasteiger partial charge < -0.3 is 10.1 Å². The number of ether oxygens (including phenoxy) is 1. The van der Waals surface area contributed by atoms with Gasteiger partial charge in [-0.25, -0.2) is 18.2 Å². The predicted octanol–water partition coefficient (Wildman–Crippen LogP) is 1.38. The first-order chi connectivity index (χ1) is 12.9. The number of nitrogens with zero attached hydrogens (tertiary/aromatic N) is 1. The largest absolute Gasteiger partial charge is 0.392 e. The van der Waals surface area contributed by atoms with Crippen LogP contribution in [0, 0.1) is 5.92 Å². The lowest BCUT2D eigenvalue weighted by atomic mass is 9.92. The molecular formula is C18H33N3O5S. The fraction of sp³-hybridized carbons (Fsp3) is 0.833. The van der Waals surface area contributed by atoms with Gasteiger partial charge in [-0.3, -0.25) is 10.0 Å². The molecule has 2 aliphatic heterocycles. The van der Waals surface area contributed by atoms with E-state index in [-0.39, 0.29) is 26.1 Å². The third kappa shape index (κ3) is 5.01. The predicted molar refractivity (Wildman–Crippen MR) is 103 cm³/mol. The zero-order valence-electron chi connectivity index (χ0n) is 16.2. The van der Waals surface area contributed by atoms with E-state index in [1.165, 1.54) is 4.31 Å². The Balaban J connectivity index is 1.91. The second-order valence-electron chi connectivity index (χ2n) is 7.49. The zero-order chi connectivity index (χ0) is 19.9. The molecule has 2 rings (SSSR count). The molecule has 3 N–H and O–H groups in total. The molecule has 0 atom stereocenters. The first-order valence-corrected chi connectivity index (χ1v) is 11.2. The number of hydrogen-bond acceptors (Lipinski definition) is 6. The summed E-state index contributed by atoms with van der Waals surface area (Å²) in [5.41, 5.74) is 2.61. The standard InChI is InChI=1S/C18H33N3O5S/c1-15(19-2)5-3-4-6-16-7-11-21(12-8-16)27(24,25)18(17(22)20-23)9-13-26-14-10-18/h16,19,23H,1,3-14H2,2H3,(H,20,22). The molecule has 156 valence electrons. The lowest BCUT2D eigenvalue weighted by Crippen LogP contribution is -2.60. The van der Waals surface area contributed by atoms with E-state index < -0.39 is 20.7 Å². The van der Waals surface area contributed by atoms with Crippen LogP contribution in [0.5, 0.6) is 0 Å². The average Bonchev–Trinajstić information content (AvgIpc) is 2.71. The summed E-state index contributed by atoms with van der Waals surface area (Å²) in [5, 5.41) is 12.1. The molecule has 8 nitrogen and oxygen atoms in total. The van der Waals surface area contributed by atoms with Crippen molar-refractivity contribution in [1.82, 2.24) is 15.1 Å². The minimum atomic E-state index is -3.86. The quantitative estimate of drug-likeness (QED) is 0.305. The van der Waals surface area contributed by atoms with Crippen molar-refractivity contribution in [1.29, 1.82) is 0 Å². The van der Waals surface area contributed by atoms with Gasteiger partial charge in [0.25, 0.3) is 5.91 Å². The Bertz CT molecular complexity index is 608. The molecule has 0 saturated carbocycles. The van der Waals surface area contributed by atoms with Crippen molar-refractivity contribution in [2.24, 2.45) is 5.92 Å². The minimum absolute atomic E-state index is 0.0665. The first kappa shape index (κ1) is 22.1. The molecule has 0 aromatic heterocycles. The van der Waals surface area contributed by atoms with Gasteiger partial charge in [0.15, 0.2) is 4.75 Å². The van der Waals surface area contributed by atoms with Crippen molar-refractivity contribution < 1.29 is 23.2 Å². The number of sulfonamides is 1. The second-order valence-corrected chi connectivity index (χ2v) is 9.74. The van der Waals surface area contributed by atoms with Gasteiger partial charge in [0, 0.05) is 51.9 Å². The number of carbonyl (C=O) groups is 1. The van der Waals surface area contributed by atoms with Crippen molar-refractivity contribution in [3.63, 3.8) is 0 Å². The van der Waals surface area contributed by atoms with Crippen molar-refractivity contribution in [3.8, 4) is 0 Å². The maximum atomic E-state index is 13.2. The highest BCUT2D eigenvalue weighted by Gasteiger charge is 2.54. The van der Waals surface area contributed by atoms with Gasteiger partial charge in [0.05, 0.1) is 0 Å². The molecule has 0 aromatic rings. The average molecular weight is 404 g/mol. The number of hydroxylamine groups is 1. The van der Waals surface area contributed by atoms with Gasteiger partial charge in [0.2, 0.25) is 10.0 Å². The van der Waals surface area contributed by atoms with Gasteiger partial charge in [-0.1, -0.05) is 19.4 Å². The molecule has 2 heterocycles. The molecule has 9 heteroatoms. The van der Waals surface area contributed by atoms with Gasteiger partial charge in [-0.2, -0.15) is 0 Å². The van der Waals surface area contributed by atoms with Crippen molar-refractivity contribution in [2.75, 3.05) is 33.4 Å². The van der Waals surface area contributed by atoms with Crippen LogP contribution in [0.15, 0.2) is 12.3 Å². The molecule has 2 saturated heterocycles. The van der Waals surface area contributed by atoms with Crippen LogP contribution in [0.1, 0.15) is 51.4 Å². The van der Waals surface area contributed by atoms with E-state index in [2.05, 4.69) is 11.9 Å². The van der Waals surface area contributed by atoms with Crippen molar-refractivity contribution in [3.05, 3.63) is 12.3 Å². The van der Waals surface area contributed by atoms with E-state index >= 15 is 0 Å². The summed E-state index contributed by atoms with van der Waals surface area (Å²) in [6.45, 7) is 5.17. The lowest BCUT2D eigenvalue weighted by molar-refractivity contribution is -0.134. The molecule has 1 amide bonds. The van der Waals surface area contributed by atoms with E-state index in [0.717, 1.165) is 44.2 Å². The number of hydrogen-bond donors (Lipinski definition) is 3. The first-order valence-electron chi connectivity index (χ1n) is 9.75. The van der Waals surface area contributed by atoms with Crippen LogP contribution in [0.4, 0.5) is 0 Å². The summed E-state index contributed by atoms with van der Waals surface area (Å²) < 4.78 is 31.5. The third-order valence-corrected chi connectivity index (χ3v) is 8.54. The summed E-state index contributed by atoms with van der Waals surface area (Å²) in [5.74, 6) is -0.339. The number of piperidine rings is 1. The molecule has 0 spiro atoms. The van der Waals surface area contributed by atoms with Gasteiger partial charge >= 0.3 is 0 Å². The lowest BCUT2D eigenvalue weighted by Gasteiger charge is -2.40. The van der Waals surface area contributed by atoms with E-state index in [4.69, 9.17) is 9.94 Å². The SMILES string of the molecule is C=C(CCCCC1CCN(S(=O)(=O)C2(C(=O)NO)CCOCC2)CC1)NC. The highest BCUT2D eigenvalue weighted by molar-refractivity contribution is 7.91. The Labute approximate surface area is 162 Å². The monoisotopic (exact) mass is 403 g/mol. The summed E-state index contributed by atoms with van der Waals surface area (Å²) >= 11 is 0. The molecule has 0 radical (unpaired) electrons. The maximum Gasteiger partial charge on any atom is 0.266 e. The Kier molecular flexibility index (Phi) is 8.08. The molecule has 0 aromatic carbocycles. The molecule has 0 aliphatic carbocycles.